The Bertz CT molecular complexity index is 1030. The lowest BCUT2D eigenvalue weighted by Crippen LogP contribution is -2.39. The maximum absolute atomic E-state index is 12.9. The van der Waals surface area contributed by atoms with E-state index in [0.717, 1.165) is 34.9 Å². The van der Waals surface area contributed by atoms with E-state index in [1.165, 1.54) is 13.2 Å². The number of nitrogens with one attached hydrogen (secondary N) is 1. The van der Waals surface area contributed by atoms with E-state index < -0.39 is 6.43 Å². The second kappa shape index (κ2) is 17.0. The van der Waals surface area contributed by atoms with E-state index in [1.807, 2.05) is 38.3 Å². The van der Waals surface area contributed by atoms with Gasteiger partial charge in [0.1, 0.15) is 5.84 Å². The van der Waals surface area contributed by atoms with Gasteiger partial charge in [-0.2, -0.15) is 0 Å². The molecule has 39 heavy (non-hydrogen) atoms. The molecule has 0 radical (unpaired) electrons. The number of esters is 1. The van der Waals surface area contributed by atoms with E-state index in [9.17, 15) is 18.4 Å². The smallest absolute Gasteiger partial charge is 0.308 e. The third-order valence-electron chi connectivity index (χ3n) is 6.61. The minimum absolute atomic E-state index is 0.0589. The van der Waals surface area contributed by atoms with E-state index in [2.05, 4.69) is 15.2 Å². The van der Waals surface area contributed by atoms with Crippen molar-refractivity contribution in [2.24, 2.45) is 15.9 Å². The molecule has 0 saturated carbocycles. The van der Waals surface area contributed by atoms with Crippen LogP contribution in [-0.2, 0) is 14.3 Å². The summed E-state index contributed by atoms with van der Waals surface area (Å²) < 4.78 is 30.3. The third-order valence-corrected chi connectivity index (χ3v) is 7.69. The van der Waals surface area contributed by atoms with Gasteiger partial charge in [-0.15, -0.1) is 0 Å². The molecule has 2 aliphatic rings. The first kappa shape index (κ1) is 32.5. The van der Waals surface area contributed by atoms with Crippen LogP contribution in [0.15, 0.2) is 55.9 Å². The van der Waals surface area contributed by atoms with Crippen LogP contribution >= 0.6 is 11.8 Å². The van der Waals surface area contributed by atoms with E-state index in [4.69, 9.17) is 9.73 Å². The minimum atomic E-state index is -2.42. The highest BCUT2D eigenvalue weighted by Gasteiger charge is 2.36. The number of ether oxygens (including phenoxy) is 1. The fourth-order valence-electron chi connectivity index (χ4n) is 4.79. The fraction of sp³-hybridized carbons (Fsp3) is 0.586. The van der Waals surface area contributed by atoms with Crippen LogP contribution in [-0.4, -0.2) is 68.0 Å². The molecule has 1 N–H and O–H groups in total. The number of amides is 1. The van der Waals surface area contributed by atoms with Crippen LogP contribution in [0.1, 0.15) is 65.7 Å². The van der Waals surface area contributed by atoms with Gasteiger partial charge in [0, 0.05) is 49.0 Å². The van der Waals surface area contributed by atoms with E-state index >= 15 is 0 Å². The number of amidine groups is 1. The highest BCUT2D eigenvalue weighted by Crippen LogP contribution is 2.34. The van der Waals surface area contributed by atoms with Crippen LogP contribution in [0.5, 0.6) is 0 Å². The van der Waals surface area contributed by atoms with Crippen molar-refractivity contribution in [1.82, 2.24) is 10.2 Å². The summed E-state index contributed by atoms with van der Waals surface area (Å²) in [7, 11) is 3.04. The first-order valence-electron chi connectivity index (χ1n) is 13.6. The van der Waals surface area contributed by atoms with Crippen molar-refractivity contribution in [2.75, 3.05) is 27.2 Å². The Morgan fingerprint density at radius 2 is 2.08 bits per heavy atom. The zero-order valence-corrected chi connectivity index (χ0v) is 24.5. The molecule has 0 spiro atoms. The number of methoxy groups -OCH3 is 1. The lowest BCUT2D eigenvalue weighted by molar-refractivity contribution is -0.146. The lowest BCUT2D eigenvalue weighted by atomic mass is 9.97. The molecule has 10 heteroatoms. The number of carbonyl (C=O) groups excluding carboxylic acids is 2. The molecular formula is C29H42F2N4O3S. The zero-order chi connectivity index (χ0) is 28.8. The fourth-order valence-corrected chi connectivity index (χ4v) is 5.49. The zero-order valence-electron chi connectivity index (χ0n) is 23.7. The molecule has 2 aliphatic heterocycles. The van der Waals surface area contributed by atoms with Crippen LogP contribution in [0.25, 0.3) is 0 Å². The number of fused-ring (bicyclic) bond motifs is 1. The Balaban J connectivity index is 2.19. The number of aliphatic imine (C=N–C) groups is 2. The van der Waals surface area contributed by atoms with Gasteiger partial charge >= 0.3 is 5.97 Å². The Hall–Kier alpha value is -2.75. The second-order valence-corrected chi connectivity index (χ2v) is 10.4. The molecule has 216 valence electrons. The van der Waals surface area contributed by atoms with E-state index in [0.29, 0.717) is 44.5 Å². The number of alkyl halides is 2. The predicted molar refractivity (Wildman–Crippen MR) is 156 cm³/mol. The Morgan fingerprint density at radius 1 is 1.31 bits per heavy atom. The van der Waals surface area contributed by atoms with Gasteiger partial charge in [-0.05, 0) is 44.6 Å². The maximum Gasteiger partial charge on any atom is 0.308 e. The molecule has 0 aromatic carbocycles. The van der Waals surface area contributed by atoms with Crippen molar-refractivity contribution in [2.45, 2.75) is 78.2 Å². The van der Waals surface area contributed by atoms with Gasteiger partial charge in [0.25, 0.3) is 0 Å². The number of hydrogen-bond acceptors (Lipinski definition) is 7. The summed E-state index contributed by atoms with van der Waals surface area (Å²) in [6.07, 6.45) is 8.08. The van der Waals surface area contributed by atoms with Gasteiger partial charge in [-0.1, -0.05) is 43.3 Å². The molecule has 2 atom stereocenters. The van der Waals surface area contributed by atoms with Gasteiger partial charge in [0.2, 0.25) is 12.3 Å². The summed E-state index contributed by atoms with van der Waals surface area (Å²) in [5.41, 5.74) is 2.51. The highest BCUT2D eigenvalue weighted by molar-refractivity contribution is 8.06. The Kier molecular flexibility index (Phi) is 14.2. The third kappa shape index (κ3) is 9.74. The summed E-state index contributed by atoms with van der Waals surface area (Å²) >= 11 is 1.58. The van der Waals surface area contributed by atoms with Crippen molar-refractivity contribution in [3.05, 3.63) is 45.9 Å². The molecule has 2 heterocycles. The van der Waals surface area contributed by atoms with Gasteiger partial charge in [0.15, 0.2) is 0 Å². The molecule has 7 nitrogen and oxygen atoms in total. The summed E-state index contributed by atoms with van der Waals surface area (Å²) in [5.74, 6) is 0.376. The van der Waals surface area contributed by atoms with Gasteiger partial charge in [-0.25, -0.2) is 8.78 Å². The number of rotatable bonds is 15. The van der Waals surface area contributed by atoms with Crippen LogP contribution in [0.2, 0.25) is 0 Å². The molecule has 2 rings (SSSR count). The van der Waals surface area contributed by atoms with Crippen molar-refractivity contribution >= 4 is 35.2 Å². The Labute approximate surface area is 235 Å². The number of carbonyl (C=O) groups is 2. The molecule has 0 bridgehead atoms. The van der Waals surface area contributed by atoms with Crippen LogP contribution in [0.3, 0.4) is 0 Å². The van der Waals surface area contributed by atoms with Crippen molar-refractivity contribution in [3.63, 3.8) is 0 Å². The minimum Gasteiger partial charge on any atom is -0.469 e. The standard InChI is InChI=1S/C29H42F2N4O3S/c1-6-11-20(29(37)38-5)12-9-15-27(36)34-21-17-24-22(23(32-4)13-10-14-26(30)31)18-33-28(35(24)19-21)25(8-3)39-16-7-2/h7-8,10,13,16,20-21,26H,6,9,11-12,14-15,17-19H2,1-5H3,(H,34,36)/b13-10-,16-7-,25-8?,32-23?. The van der Waals surface area contributed by atoms with Gasteiger partial charge < -0.3 is 15.0 Å². The molecule has 1 fully saturated rings. The topological polar surface area (TPSA) is 83.4 Å². The summed E-state index contributed by atoms with van der Waals surface area (Å²) in [6, 6.07) is -0.134. The molecule has 2 unspecified atom stereocenters. The van der Waals surface area contributed by atoms with Crippen molar-refractivity contribution < 1.29 is 23.1 Å². The summed E-state index contributed by atoms with van der Waals surface area (Å²) in [5, 5.41) is 5.16. The number of halogens is 2. The number of hydrogen-bond donors (Lipinski definition) is 1. The van der Waals surface area contributed by atoms with Gasteiger partial charge in [0.05, 0.1) is 31.3 Å². The molecule has 0 aliphatic carbocycles. The first-order chi connectivity index (χ1) is 18.8. The molecule has 1 saturated heterocycles. The average molecular weight is 565 g/mol. The van der Waals surface area contributed by atoms with Crippen LogP contribution < -0.4 is 5.32 Å². The second-order valence-electron chi connectivity index (χ2n) is 9.42. The summed E-state index contributed by atoms with van der Waals surface area (Å²) in [6.45, 7) is 6.88. The SMILES string of the molecule is CC=C(S/C=C\C)C1=NCC(C(/C=C\CC(F)F)=NC)=C2CC(NC(=O)CCCC(CCC)C(=O)OC)CN12. The average Bonchev–Trinajstić information content (AvgIpc) is 3.34. The van der Waals surface area contributed by atoms with Crippen LogP contribution in [0.4, 0.5) is 8.78 Å². The quantitative estimate of drug-likeness (QED) is 0.193. The number of allylic oxidation sites excluding steroid dienone is 4. The summed E-state index contributed by atoms with van der Waals surface area (Å²) in [4.78, 5) is 37.2. The van der Waals surface area contributed by atoms with Crippen molar-refractivity contribution in [1.29, 1.82) is 0 Å². The molecule has 0 aromatic heterocycles. The first-order valence-corrected chi connectivity index (χ1v) is 14.4. The van der Waals surface area contributed by atoms with Crippen molar-refractivity contribution in [3.8, 4) is 0 Å². The number of thioether (sulfide) groups is 1. The predicted octanol–water partition coefficient (Wildman–Crippen LogP) is 6.06. The molecule has 1 amide bonds. The largest absolute Gasteiger partial charge is 0.469 e. The maximum atomic E-state index is 12.9. The van der Waals surface area contributed by atoms with Gasteiger partial charge in [-0.3, -0.25) is 19.6 Å². The van der Waals surface area contributed by atoms with E-state index in [1.54, 1.807) is 24.9 Å². The van der Waals surface area contributed by atoms with E-state index in [-0.39, 0.29) is 30.3 Å². The normalized spacial score (nSPS) is 19.2. The lowest BCUT2D eigenvalue weighted by Gasteiger charge is -2.29. The highest BCUT2D eigenvalue weighted by atomic mass is 32.2. The monoisotopic (exact) mass is 564 g/mol. The van der Waals surface area contributed by atoms with Crippen LogP contribution in [0, 0.1) is 5.92 Å². The number of nitrogens with zero attached hydrogens (tertiary/aromatic N) is 3. The molecule has 0 aromatic rings. The molecular weight excluding hydrogens is 522 g/mol. The Morgan fingerprint density at radius 3 is 2.69 bits per heavy atom.